The van der Waals surface area contributed by atoms with E-state index in [9.17, 15) is 5.11 Å². The Bertz CT molecular complexity index is 271. The van der Waals surface area contributed by atoms with Crippen LogP contribution in [0.1, 0.15) is 12.1 Å². The molecule has 64 valence electrons. The van der Waals surface area contributed by atoms with Gasteiger partial charge in [-0.15, -0.1) is 0 Å². The van der Waals surface area contributed by atoms with Crippen LogP contribution in [0.15, 0.2) is 24.4 Å². The summed E-state index contributed by atoms with van der Waals surface area (Å²) in [7, 11) is 0. The van der Waals surface area contributed by atoms with Crippen LogP contribution in [0.4, 0.5) is 0 Å². The lowest BCUT2D eigenvalue weighted by Crippen LogP contribution is -1.95. The van der Waals surface area contributed by atoms with E-state index in [0.717, 1.165) is 6.42 Å². The summed E-state index contributed by atoms with van der Waals surface area (Å²) in [5.74, 6) is 0.200. The summed E-state index contributed by atoms with van der Waals surface area (Å²) in [6, 6.07) is 3.30. The Morgan fingerprint density at radius 2 is 2.42 bits per heavy atom. The van der Waals surface area contributed by atoms with Crippen LogP contribution in [-0.2, 0) is 0 Å². The lowest BCUT2D eigenvalue weighted by molar-refractivity contribution is 0.471. The maximum atomic E-state index is 9.26. The fraction of sp³-hybridized carbons (Fsp3) is 0.222. The van der Waals surface area contributed by atoms with Gasteiger partial charge in [0.15, 0.2) is 0 Å². The SMILES string of the molecule is NCCC=Cc1ncccc1O. The minimum absolute atomic E-state index is 0.200. The molecule has 1 aromatic rings. The van der Waals surface area contributed by atoms with Crippen molar-refractivity contribution in [2.75, 3.05) is 6.54 Å². The number of hydrogen-bond donors (Lipinski definition) is 2. The average molecular weight is 164 g/mol. The fourth-order valence-electron chi connectivity index (χ4n) is 0.829. The number of rotatable bonds is 3. The second-order valence-electron chi connectivity index (χ2n) is 2.39. The van der Waals surface area contributed by atoms with Gasteiger partial charge in [0, 0.05) is 6.20 Å². The van der Waals surface area contributed by atoms with Gasteiger partial charge in [0.2, 0.25) is 0 Å². The molecule has 0 bridgehead atoms. The Balaban J connectivity index is 2.68. The molecule has 0 aliphatic heterocycles. The highest BCUT2D eigenvalue weighted by atomic mass is 16.3. The lowest BCUT2D eigenvalue weighted by atomic mass is 10.3. The van der Waals surface area contributed by atoms with E-state index in [-0.39, 0.29) is 5.75 Å². The Morgan fingerprint density at radius 3 is 3.08 bits per heavy atom. The van der Waals surface area contributed by atoms with Crippen molar-refractivity contribution in [2.45, 2.75) is 6.42 Å². The molecule has 12 heavy (non-hydrogen) atoms. The first-order valence-electron chi connectivity index (χ1n) is 3.85. The zero-order valence-corrected chi connectivity index (χ0v) is 6.77. The van der Waals surface area contributed by atoms with Crippen LogP contribution in [0.2, 0.25) is 0 Å². The van der Waals surface area contributed by atoms with E-state index in [1.165, 1.54) is 0 Å². The van der Waals surface area contributed by atoms with E-state index >= 15 is 0 Å². The van der Waals surface area contributed by atoms with Crippen molar-refractivity contribution < 1.29 is 5.11 Å². The molecule has 3 N–H and O–H groups in total. The van der Waals surface area contributed by atoms with Gasteiger partial charge < -0.3 is 10.8 Å². The molecule has 1 heterocycles. The van der Waals surface area contributed by atoms with Crippen molar-refractivity contribution in [1.29, 1.82) is 0 Å². The molecule has 0 aliphatic carbocycles. The summed E-state index contributed by atoms with van der Waals surface area (Å²) in [6.07, 6.45) is 6.10. The van der Waals surface area contributed by atoms with Gasteiger partial charge >= 0.3 is 0 Å². The Morgan fingerprint density at radius 1 is 1.58 bits per heavy atom. The van der Waals surface area contributed by atoms with Gasteiger partial charge in [0.25, 0.3) is 0 Å². The second kappa shape index (κ2) is 4.51. The number of pyridine rings is 1. The summed E-state index contributed by atoms with van der Waals surface area (Å²) in [4.78, 5) is 3.97. The minimum atomic E-state index is 0.200. The van der Waals surface area contributed by atoms with Gasteiger partial charge in [-0.3, -0.25) is 4.98 Å². The maximum absolute atomic E-state index is 9.26. The molecule has 0 unspecified atom stereocenters. The van der Waals surface area contributed by atoms with Gasteiger partial charge in [-0.25, -0.2) is 0 Å². The van der Waals surface area contributed by atoms with Crippen molar-refractivity contribution in [3.63, 3.8) is 0 Å². The van der Waals surface area contributed by atoms with E-state index in [4.69, 9.17) is 5.73 Å². The van der Waals surface area contributed by atoms with Crippen molar-refractivity contribution in [1.82, 2.24) is 4.98 Å². The standard InChI is InChI=1S/C9H12N2O/c10-6-2-1-4-8-9(12)5-3-7-11-8/h1,3-5,7,12H,2,6,10H2. The predicted molar refractivity (Wildman–Crippen MR) is 48.6 cm³/mol. The van der Waals surface area contributed by atoms with Crippen LogP contribution in [0.25, 0.3) is 6.08 Å². The molecule has 0 aliphatic rings. The largest absolute Gasteiger partial charge is 0.506 e. The van der Waals surface area contributed by atoms with Crippen LogP contribution in [0.5, 0.6) is 5.75 Å². The van der Waals surface area contributed by atoms with Crippen molar-refractivity contribution in [2.24, 2.45) is 5.73 Å². The van der Waals surface area contributed by atoms with Crippen LogP contribution >= 0.6 is 0 Å². The molecule has 0 fully saturated rings. The summed E-state index contributed by atoms with van der Waals surface area (Å²) < 4.78 is 0. The topological polar surface area (TPSA) is 59.1 Å². The first kappa shape index (κ1) is 8.74. The summed E-state index contributed by atoms with van der Waals surface area (Å²) in [6.45, 7) is 0.615. The molecule has 0 saturated heterocycles. The molecular weight excluding hydrogens is 152 g/mol. The molecule has 0 aromatic carbocycles. The van der Waals surface area contributed by atoms with Gasteiger partial charge in [0.05, 0.1) is 0 Å². The lowest BCUT2D eigenvalue weighted by Gasteiger charge is -1.95. The average Bonchev–Trinajstić information content (AvgIpc) is 2.09. The van der Waals surface area contributed by atoms with E-state index in [1.54, 1.807) is 24.4 Å². The molecule has 1 aromatic heterocycles. The van der Waals surface area contributed by atoms with Crippen LogP contribution in [0, 0.1) is 0 Å². The second-order valence-corrected chi connectivity index (χ2v) is 2.39. The van der Waals surface area contributed by atoms with Gasteiger partial charge in [-0.2, -0.15) is 0 Å². The minimum Gasteiger partial charge on any atom is -0.506 e. The third-order valence-electron chi connectivity index (χ3n) is 1.43. The number of aromatic nitrogens is 1. The first-order valence-corrected chi connectivity index (χ1v) is 3.85. The third-order valence-corrected chi connectivity index (χ3v) is 1.43. The van der Waals surface area contributed by atoms with E-state index in [0.29, 0.717) is 12.2 Å². The smallest absolute Gasteiger partial charge is 0.141 e. The van der Waals surface area contributed by atoms with Gasteiger partial charge in [0.1, 0.15) is 11.4 Å². The molecule has 0 spiro atoms. The first-order chi connectivity index (χ1) is 5.84. The van der Waals surface area contributed by atoms with Crippen molar-refractivity contribution >= 4 is 6.08 Å². The molecule has 0 saturated carbocycles. The fourth-order valence-corrected chi connectivity index (χ4v) is 0.829. The molecule has 0 radical (unpaired) electrons. The zero-order chi connectivity index (χ0) is 8.81. The molecule has 0 atom stereocenters. The quantitative estimate of drug-likeness (QED) is 0.704. The normalized spacial score (nSPS) is 10.8. The zero-order valence-electron chi connectivity index (χ0n) is 6.77. The summed E-state index contributed by atoms with van der Waals surface area (Å²) >= 11 is 0. The Hall–Kier alpha value is -1.35. The van der Waals surface area contributed by atoms with E-state index < -0.39 is 0 Å². The maximum Gasteiger partial charge on any atom is 0.141 e. The number of aromatic hydroxyl groups is 1. The number of nitrogens with two attached hydrogens (primary N) is 1. The highest BCUT2D eigenvalue weighted by molar-refractivity contribution is 5.51. The Kier molecular flexibility index (Phi) is 3.29. The van der Waals surface area contributed by atoms with Crippen LogP contribution in [0.3, 0.4) is 0 Å². The summed E-state index contributed by atoms with van der Waals surface area (Å²) in [5, 5.41) is 9.26. The molecule has 3 heteroatoms. The van der Waals surface area contributed by atoms with Crippen LogP contribution < -0.4 is 5.73 Å². The van der Waals surface area contributed by atoms with Gasteiger partial charge in [-0.05, 0) is 31.2 Å². The van der Waals surface area contributed by atoms with Crippen molar-refractivity contribution in [3.8, 4) is 5.75 Å². The van der Waals surface area contributed by atoms with E-state index in [2.05, 4.69) is 4.98 Å². The number of hydrogen-bond acceptors (Lipinski definition) is 3. The third kappa shape index (κ3) is 2.36. The molecular formula is C9H12N2O. The molecule has 0 amide bonds. The predicted octanol–water partition coefficient (Wildman–Crippen LogP) is 1.15. The van der Waals surface area contributed by atoms with Gasteiger partial charge in [-0.1, -0.05) is 6.08 Å². The Labute approximate surface area is 71.6 Å². The van der Waals surface area contributed by atoms with Crippen LogP contribution in [-0.4, -0.2) is 16.6 Å². The number of nitrogens with zero attached hydrogens (tertiary/aromatic N) is 1. The van der Waals surface area contributed by atoms with E-state index in [1.807, 2.05) is 6.08 Å². The van der Waals surface area contributed by atoms with Crippen molar-refractivity contribution in [3.05, 3.63) is 30.1 Å². The highest BCUT2D eigenvalue weighted by Crippen LogP contribution is 2.13. The summed E-state index contributed by atoms with van der Waals surface area (Å²) in [5.41, 5.74) is 5.89. The monoisotopic (exact) mass is 164 g/mol. The highest BCUT2D eigenvalue weighted by Gasteiger charge is 1.93. The molecule has 3 nitrogen and oxygen atoms in total. The molecule has 1 rings (SSSR count).